The Kier molecular flexibility index (Phi) is 5.54. The number of aliphatic hydroxyl groups excluding tert-OH is 1. The average molecular weight is 268 g/mol. The SMILES string of the molecule is C/C=C(\c1ccccc1)C(O)COCc1ccccc1. The first-order valence-corrected chi connectivity index (χ1v) is 6.82. The zero-order valence-corrected chi connectivity index (χ0v) is 11.7. The largest absolute Gasteiger partial charge is 0.386 e. The summed E-state index contributed by atoms with van der Waals surface area (Å²) in [6.45, 7) is 2.75. The Morgan fingerprint density at radius 1 is 1.05 bits per heavy atom. The Hall–Kier alpha value is -1.90. The molecule has 2 nitrogen and oxygen atoms in total. The standard InChI is InChI=1S/C18H20O2/c1-2-17(16-11-7-4-8-12-16)18(19)14-20-13-15-9-5-3-6-10-15/h2-12,18-19H,13-14H2,1H3/b17-2+. The number of hydrogen-bond acceptors (Lipinski definition) is 2. The van der Waals surface area contributed by atoms with E-state index in [0.29, 0.717) is 13.2 Å². The van der Waals surface area contributed by atoms with Gasteiger partial charge >= 0.3 is 0 Å². The van der Waals surface area contributed by atoms with E-state index in [0.717, 1.165) is 16.7 Å². The van der Waals surface area contributed by atoms with Crippen molar-refractivity contribution < 1.29 is 9.84 Å². The number of ether oxygens (including phenoxy) is 1. The van der Waals surface area contributed by atoms with E-state index in [2.05, 4.69) is 0 Å². The molecule has 0 saturated heterocycles. The van der Waals surface area contributed by atoms with Crippen LogP contribution >= 0.6 is 0 Å². The predicted octanol–water partition coefficient (Wildman–Crippen LogP) is 3.67. The van der Waals surface area contributed by atoms with Gasteiger partial charge < -0.3 is 9.84 Å². The Bertz CT molecular complexity index is 532. The van der Waals surface area contributed by atoms with Crippen LogP contribution in [0.5, 0.6) is 0 Å². The summed E-state index contributed by atoms with van der Waals surface area (Å²) >= 11 is 0. The maximum Gasteiger partial charge on any atom is 0.103 e. The molecule has 0 aliphatic rings. The number of hydrogen-bond donors (Lipinski definition) is 1. The number of rotatable bonds is 6. The number of aliphatic hydroxyl groups is 1. The lowest BCUT2D eigenvalue weighted by atomic mass is 10.0. The Morgan fingerprint density at radius 3 is 2.25 bits per heavy atom. The fourth-order valence-corrected chi connectivity index (χ4v) is 2.13. The molecule has 0 aliphatic heterocycles. The van der Waals surface area contributed by atoms with Crippen LogP contribution in [0, 0.1) is 0 Å². The Labute approximate surface area is 120 Å². The highest BCUT2D eigenvalue weighted by Gasteiger charge is 2.12. The minimum atomic E-state index is -0.605. The third kappa shape index (κ3) is 4.05. The summed E-state index contributed by atoms with van der Waals surface area (Å²) in [5.74, 6) is 0. The number of benzene rings is 2. The quantitative estimate of drug-likeness (QED) is 0.866. The summed E-state index contributed by atoms with van der Waals surface area (Å²) in [5.41, 5.74) is 3.05. The lowest BCUT2D eigenvalue weighted by Crippen LogP contribution is -2.17. The summed E-state index contributed by atoms with van der Waals surface area (Å²) in [7, 11) is 0. The zero-order valence-electron chi connectivity index (χ0n) is 11.7. The molecule has 0 bridgehead atoms. The van der Waals surface area contributed by atoms with Crippen molar-refractivity contribution in [3.05, 3.63) is 77.9 Å². The van der Waals surface area contributed by atoms with Crippen LogP contribution in [0.2, 0.25) is 0 Å². The van der Waals surface area contributed by atoms with Crippen molar-refractivity contribution in [3.8, 4) is 0 Å². The molecule has 104 valence electrons. The molecule has 2 aromatic carbocycles. The lowest BCUT2D eigenvalue weighted by molar-refractivity contribution is 0.0545. The van der Waals surface area contributed by atoms with Gasteiger partial charge in [-0.25, -0.2) is 0 Å². The van der Waals surface area contributed by atoms with Gasteiger partial charge in [-0.05, 0) is 23.6 Å². The molecule has 0 spiro atoms. The van der Waals surface area contributed by atoms with Crippen LogP contribution in [0.4, 0.5) is 0 Å². The second-order valence-electron chi connectivity index (χ2n) is 4.63. The third-order valence-corrected chi connectivity index (χ3v) is 3.16. The average Bonchev–Trinajstić information content (AvgIpc) is 2.50. The molecule has 0 saturated carbocycles. The molecule has 0 amide bonds. The van der Waals surface area contributed by atoms with Gasteiger partial charge in [0.15, 0.2) is 0 Å². The van der Waals surface area contributed by atoms with E-state index in [1.54, 1.807) is 0 Å². The smallest absolute Gasteiger partial charge is 0.103 e. The van der Waals surface area contributed by atoms with Crippen LogP contribution < -0.4 is 0 Å². The highest BCUT2D eigenvalue weighted by Crippen LogP contribution is 2.18. The maximum atomic E-state index is 10.2. The third-order valence-electron chi connectivity index (χ3n) is 3.16. The Morgan fingerprint density at radius 2 is 1.65 bits per heavy atom. The van der Waals surface area contributed by atoms with Crippen LogP contribution in [0.1, 0.15) is 18.1 Å². The molecule has 0 aromatic heterocycles. The van der Waals surface area contributed by atoms with Gasteiger partial charge in [-0.1, -0.05) is 66.7 Å². The van der Waals surface area contributed by atoms with Gasteiger partial charge in [-0.3, -0.25) is 0 Å². The molecule has 2 aromatic rings. The van der Waals surface area contributed by atoms with Crippen LogP contribution in [-0.4, -0.2) is 17.8 Å². The molecule has 1 atom stereocenters. The molecule has 1 N–H and O–H groups in total. The fourth-order valence-electron chi connectivity index (χ4n) is 2.13. The molecule has 0 radical (unpaired) electrons. The molecule has 2 heteroatoms. The molecule has 20 heavy (non-hydrogen) atoms. The minimum Gasteiger partial charge on any atom is -0.386 e. The molecule has 1 unspecified atom stereocenters. The van der Waals surface area contributed by atoms with Crippen molar-refractivity contribution in [2.75, 3.05) is 6.61 Å². The summed E-state index contributed by atoms with van der Waals surface area (Å²) in [6, 6.07) is 19.9. The van der Waals surface area contributed by atoms with Crippen molar-refractivity contribution in [1.82, 2.24) is 0 Å². The van der Waals surface area contributed by atoms with E-state index >= 15 is 0 Å². The summed E-state index contributed by atoms with van der Waals surface area (Å²) in [6.07, 6.45) is 1.33. The molecule has 0 aliphatic carbocycles. The first kappa shape index (κ1) is 14.5. The molecule has 0 heterocycles. The fraction of sp³-hybridized carbons (Fsp3) is 0.222. The van der Waals surface area contributed by atoms with Crippen LogP contribution in [-0.2, 0) is 11.3 Å². The van der Waals surface area contributed by atoms with Gasteiger partial charge in [0, 0.05) is 0 Å². The topological polar surface area (TPSA) is 29.5 Å². The lowest BCUT2D eigenvalue weighted by Gasteiger charge is -2.15. The van der Waals surface area contributed by atoms with Gasteiger partial charge in [0.1, 0.15) is 6.10 Å². The van der Waals surface area contributed by atoms with E-state index in [1.807, 2.05) is 73.7 Å². The van der Waals surface area contributed by atoms with Crippen LogP contribution in [0.3, 0.4) is 0 Å². The monoisotopic (exact) mass is 268 g/mol. The van der Waals surface area contributed by atoms with E-state index in [1.165, 1.54) is 0 Å². The normalized spacial score (nSPS) is 13.2. The van der Waals surface area contributed by atoms with Crippen molar-refractivity contribution in [2.45, 2.75) is 19.6 Å². The van der Waals surface area contributed by atoms with Crippen LogP contribution in [0.25, 0.3) is 5.57 Å². The first-order chi connectivity index (χ1) is 9.81. The van der Waals surface area contributed by atoms with Gasteiger partial charge in [0.2, 0.25) is 0 Å². The van der Waals surface area contributed by atoms with Crippen molar-refractivity contribution >= 4 is 5.57 Å². The van der Waals surface area contributed by atoms with Gasteiger partial charge in [0.05, 0.1) is 13.2 Å². The van der Waals surface area contributed by atoms with E-state index in [9.17, 15) is 5.11 Å². The van der Waals surface area contributed by atoms with Crippen LogP contribution in [0.15, 0.2) is 66.7 Å². The summed E-state index contributed by atoms with van der Waals surface area (Å²) < 4.78 is 5.59. The maximum absolute atomic E-state index is 10.2. The van der Waals surface area contributed by atoms with Crippen molar-refractivity contribution in [1.29, 1.82) is 0 Å². The van der Waals surface area contributed by atoms with Crippen molar-refractivity contribution in [3.63, 3.8) is 0 Å². The molecular weight excluding hydrogens is 248 g/mol. The molecule has 2 rings (SSSR count). The van der Waals surface area contributed by atoms with Gasteiger partial charge in [0.25, 0.3) is 0 Å². The number of allylic oxidation sites excluding steroid dienone is 1. The van der Waals surface area contributed by atoms with Crippen molar-refractivity contribution in [2.24, 2.45) is 0 Å². The molecule has 0 fully saturated rings. The minimum absolute atomic E-state index is 0.295. The second-order valence-corrected chi connectivity index (χ2v) is 4.63. The van der Waals surface area contributed by atoms with E-state index in [-0.39, 0.29) is 0 Å². The predicted molar refractivity (Wildman–Crippen MR) is 82.2 cm³/mol. The van der Waals surface area contributed by atoms with Gasteiger partial charge in [-0.15, -0.1) is 0 Å². The first-order valence-electron chi connectivity index (χ1n) is 6.82. The second kappa shape index (κ2) is 7.63. The van der Waals surface area contributed by atoms with E-state index < -0.39 is 6.10 Å². The highest BCUT2D eigenvalue weighted by molar-refractivity contribution is 5.68. The van der Waals surface area contributed by atoms with Gasteiger partial charge in [-0.2, -0.15) is 0 Å². The van der Waals surface area contributed by atoms with E-state index in [4.69, 9.17) is 4.74 Å². The highest BCUT2D eigenvalue weighted by atomic mass is 16.5. The Balaban J connectivity index is 1.89. The summed E-state index contributed by atoms with van der Waals surface area (Å²) in [5, 5.41) is 10.2. The molecular formula is C18H20O2. The summed E-state index contributed by atoms with van der Waals surface area (Å²) in [4.78, 5) is 0. The zero-order chi connectivity index (χ0) is 14.2.